The van der Waals surface area contributed by atoms with Crippen LogP contribution in [-0.4, -0.2) is 165 Å². The van der Waals surface area contributed by atoms with Gasteiger partial charge in [-0.2, -0.15) is 0 Å². The molecule has 1 heterocycles. The third-order valence-electron chi connectivity index (χ3n) is 5.59. The van der Waals surface area contributed by atoms with Crippen LogP contribution in [-0.2, 0) is 61.6 Å². The van der Waals surface area contributed by atoms with Gasteiger partial charge >= 0.3 is 0 Å². The predicted octanol–water partition coefficient (Wildman–Crippen LogP) is 1.73. The average Bonchev–Trinajstić information content (AvgIpc) is 3.01. The largest absolute Gasteiger partial charge is 0.379 e. The summed E-state index contributed by atoms with van der Waals surface area (Å²) in [5.74, 6) is 0. The van der Waals surface area contributed by atoms with Gasteiger partial charge in [0, 0.05) is 13.2 Å². The van der Waals surface area contributed by atoms with E-state index >= 15 is 0 Å². The zero-order chi connectivity index (χ0) is 29.9. The van der Waals surface area contributed by atoms with Gasteiger partial charge in [0.2, 0.25) is 0 Å². The molecule has 42 heavy (non-hydrogen) atoms. The first kappa shape index (κ1) is 39.5. The van der Waals surface area contributed by atoms with Crippen molar-refractivity contribution in [3.05, 3.63) is 0 Å². The first-order valence-electron chi connectivity index (χ1n) is 15.5. The summed E-state index contributed by atoms with van der Waals surface area (Å²) in [5.41, 5.74) is 0. The molecule has 13 heteroatoms. The van der Waals surface area contributed by atoms with Gasteiger partial charge in [0.05, 0.1) is 145 Å². The van der Waals surface area contributed by atoms with E-state index in [9.17, 15) is 0 Å². The molecule has 1 aliphatic heterocycles. The van der Waals surface area contributed by atoms with Gasteiger partial charge in [-0.05, 0) is 26.2 Å². The van der Waals surface area contributed by atoms with E-state index in [1.807, 2.05) is 6.92 Å². The van der Waals surface area contributed by atoms with Crippen molar-refractivity contribution in [2.24, 2.45) is 0 Å². The lowest BCUT2D eigenvalue weighted by atomic mass is 10.2. The third-order valence-corrected chi connectivity index (χ3v) is 5.59. The Kier molecular flexibility index (Phi) is 32.9. The molecule has 1 fully saturated rings. The lowest BCUT2D eigenvalue weighted by Gasteiger charge is -2.22. The van der Waals surface area contributed by atoms with Gasteiger partial charge in [-0.3, -0.25) is 0 Å². The van der Waals surface area contributed by atoms with E-state index in [2.05, 4.69) is 0 Å². The molecule has 0 aromatic carbocycles. The minimum absolute atomic E-state index is 0.0635. The maximum absolute atomic E-state index is 5.60. The summed E-state index contributed by atoms with van der Waals surface area (Å²) >= 11 is 0. The Bertz CT molecular complexity index is 498. The smallest absolute Gasteiger partial charge is 0.157 e. The molecule has 1 rings (SSSR count). The fourth-order valence-electron chi connectivity index (χ4n) is 3.42. The first-order chi connectivity index (χ1) is 20.9. The summed E-state index contributed by atoms with van der Waals surface area (Å²) in [6, 6.07) is 0. The minimum atomic E-state index is -0.0635. The Morgan fingerprint density at radius 1 is 0.381 bits per heavy atom. The molecule has 13 nitrogen and oxygen atoms in total. The van der Waals surface area contributed by atoms with Crippen LogP contribution in [0.25, 0.3) is 0 Å². The van der Waals surface area contributed by atoms with Crippen molar-refractivity contribution in [1.29, 1.82) is 0 Å². The summed E-state index contributed by atoms with van der Waals surface area (Å²) in [6.45, 7) is 15.3. The fourth-order valence-corrected chi connectivity index (χ4v) is 3.42. The molecule has 0 radical (unpaired) electrons. The van der Waals surface area contributed by atoms with E-state index in [-0.39, 0.29) is 6.29 Å². The Hall–Kier alpha value is -0.520. The van der Waals surface area contributed by atoms with Crippen molar-refractivity contribution < 1.29 is 61.6 Å². The predicted molar refractivity (Wildman–Crippen MR) is 154 cm³/mol. The van der Waals surface area contributed by atoms with E-state index in [0.717, 1.165) is 19.4 Å². The molecule has 1 aliphatic rings. The van der Waals surface area contributed by atoms with Crippen LogP contribution in [0.3, 0.4) is 0 Å². The molecular formula is C29H58O13. The van der Waals surface area contributed by atoms with Crippen molar-refractivity contribution in [1.82, 2.24) is 0 Å². The molecule has 0 aromatic heterocycles. The highest BCUT2D eigenvalue weighted by molar-refractivity contribution is 4.53. The zero-order valence-corrected chi connectivity index (χ0v) is 26.0. The van der Waals surface area contributed by atoms with Crippen molar-refractivity contribution in [2.75, 3.05) is 159 Å². The second-order valence-electron chi connectivity index (χ2n) is 8.99. The normalized spacial score (nSPS) is 15.5. The van der Waals surface area contributed by atoms with Crippen molar-refractivity contribution in [3.8, 4) is 0 Å². The van der Waals surface area contributed by atoms with E-state index in [4.69, 9.17) is 61.6 Å². The SMILES string of the molecule is CCOCCOCCOCCOCCOCCOCCOCCOCCOCCOCCOCCOC1CCCCO1. The molecule has 1 unspecified atom stereocenters. The molecule has 0 aromatic rings. The van der Waals surface area contributed by atoms with Crippen molar-refractivity contribution in [3.63, 3.8) is 0 Å². The van der Waals surface area contributed by atoms with Gasteiger partial charge < -0.3 is 61.6 Å². The average molecular weight is 615 g/mol. The van der Waals surface area contributed by atoms with E-state index < -0.39 is 0 Å². The molecule has 0 N–H and O–H groups in total. The van der Waals surface area contributed by atoms with Crippen molar-refractivity contribution >= 4 is 0 Å². The summed E-state index contributed by atoms with van der Waals surface area (Å²) in [5, 5.41) is 0. The summed E-state index contributed by atoms with van der Waals surface area (Å²) in [4.78, 5) is 0. The Labute approximate surface area is 252 Å². The lowest BCUT2D eigenvalue weighted by molar-refractivity contribution is -0.169. The molecule has 1 atom stereocenters. The number of ether oxygens (including phenoxy) is 13. The van der Waals surface area contributed by atoms with Crippen LogP contribution in [0.2, 0.25) is 0 Å². The van der Waals surface area contributed by atoms with Gasteiger partial charge in [-0.15, -0.1) is 0 Å². The van der Waals surface area contributed by atoms with Crippen molar-refractivity contribution in [2.45, 2.75) is 32.5 Å². The quantitative estimate of drug-likeness (QED) is 0.0965. The van der Waals surface area contributed by atoms with Crippen LogP contribution in [0.4, 0.5) is 0 Å². The zero-order valence-electron chi connectivity index (χ0n) is 26.0. The van der Waals surface area contributed by atoms with Crippen LogP contribution >= 0.6 is 0 Å². The van der Waals surface area contributed by atoms with Gasteiger partial charge in [-0.1, -0.05) is 0 Å². The summed E-state index contributed by atoms with van der Waals surface area (Å²) in [6.07, 6.45) is 3.20. The first-order valence-corrected chi connectivity index (χ1v) is 15.5. The third kappa shape index (κ3) is 30.9. The summed E-state index contributed by atoms with van der Waals surface area (Å²) in [7, 11) is 0. The fraction of sp³-hybridized carbons (Fsp3) is 1.00. The van der Waals surface area contributed by atoms with E-state index in [1.165, 1.54) is 6.42 Å². The molecule has 252 valence electrons. The van der Waals surface area contributed by atoms with Crippen LogP contribution in [0.5, 0.6) is 0 Å². The Morgan fingerprint density at radius 2 is 0.667 bits per heavy atom. The molecular weight excluding hydrogens is 556 g/mol. The maximum atomic E-state index is 5.60. The van der Waals surface area contributed by atoms with Gasteiger partial charge in [0.1, 0.15) is 0 Å². The monoisotopic (exact) mass is 614 g/mol. The van der Waals surface area contributed by atoms with E-state index in [0.29, 0.717) is 152 Å². The Balaban J connectivity index is 1.60. The number of hydrogen-bond donors (Lipinski definition) is 0. The Morgan fingerprint density at radius 3 is 0.929 bits per heavy atom. The molecule has 0 spiro atoms. The van der Waals surface area contributed by atoms with Crippen LogP contribution in [0.15, 0.2) is 0 Å². The second-order valence-corrected chi connectivity index (χ2v) is 8.99. The maximum Gasteiger partial charge on any atom is 0.157 e. The van der Waals surface area contributed by atoms with E-state index in [1.54, 1.807) is 0 Å². The lowest BCUT2D eigenvalue weighted by Crippen LogP contribution is -2.24. The molecule has 0 saturated carbocycles. The second kappa shape index (κ2) is 35.0. The number of hydrogen-bond acceptors (Lipinski definition) is 13. The molecule has 1 saturated heterocycles. The molecule has 0 amide bonds. The van der Waals surface area contributed by atoms with Crippen LogP contribution in [0, 0.1) is 0 Å². The summed E-state index contributed by atoms with van der Waals surface area (Å²) < 4.78 is 70.8. The van der Waals surface area contributed by atoms with Gasteiger partial charge in [0.15, 0.2) is 6.29 Å². The highest BCUT2D eigenvalue weighted by atomic mass is 16.7. The minimum Gasteiger partial charge on any atom is -0.379 e. The molecule has 0 aliphatic carbocycles. The van der Waals surface area contributed by atoms with Crippen LogP contribution < -0.4 is 0 Å². The highest BCUT2D eigenvalue weighted by Crippen LogP contribution is 2.13. The van der Waals surface area contributed by atoms with Gasteiger partial charge in [0.25, 0.3) is 0 Å². The van der Waals surface area contributed by atoms with Crippen LogP contribution in [0.1, 0.15) is 26.2 Å². The highest BCUT2D eigenvalue weighted by Gasteiger charge is 2.13. The topological polar surface area (TPSA) is 120 Å². The standard InChI is InChI=1S/C29H58O13/c1-2-30-7-8-31-9-10-32-11-12-33-13-14-34-15-16-35-17-18-36-19-20-37-21-22-38-23-24-39-25-26-40-27-28-42-29-5-3-4-6-41-29/h29H,2-28H2,1H3. The van der Waals surface area contributed by atoms with Gasteiger partial charge in [-0.25, -0.2) is 0 Å². The molecule has 0 bridgehead atoms. The number of rotatable bonds is 35.